The maximum Gasteiger partial charge on any atom is 0.257 e. The quantitative estimate of drug-likeness (QED) is 0.775. The number of aromatic nitrogens is 2. The number of alkyl halides is 1. The number of aryl methyl sites for hydroxylation is 2. The number of amides is 1. The molecule has 1 saturated heterocycles. The highest BCUT2D eigenvalue weighted by atomic mass is 35.5. The number of hydrogen-bond donors (Lipinski definition) is 0. The summed E-state index contributed by atoms with van der Waals surface area (Å²) in [4.78, 5) is 14.4. The van der Waals surface area contributed by atoms with E-state index in [0.29, 0.717) is 24.5 Å². The van der Waals surface area contributed by atoms with Crippen LogP contribution in [0.3, 0.4) is 0 Å². The summed E-state index contributed by atoms with van der Waals surface area (Å²) in [6.07, 6.45) is 1.64. The Morgan fingerprint density at radius 2 is 2.32 bits per heavy atom. The van der Waals surface area contributed by atoms with Gasteiger partial charge in [0.15, 0.2) is 0 Å². The smallest absolute Gasteiger partial charge is 0.257 e. The summed E-state index contributed by atoms with van der Waals surface area (Å²) in [5.41, 5.74) is 1.02. The zero-order valence-electron chi connectivity index (χ0n) is 11.8. The fourth-order valence-electron chi connectivity index (χ4n) is 2.51. The lowest BCUT2D eigenvalue weighted by molar-refractivity contribution is -0.117. The molecule has 1 atom stereocenters. The number of carbonyl (C=O) groups is 1. The van der Waals surface area contributed by atoms with Crippen molar-refractivity contribution in [2.45, 2.75) is 32.5 Å². The second-order valence-electron chi connectivity index (χ2n) is 5.64. The first-order valence-electron chi connectivity index (χ1n) is 6.36. The van der Waals surface area contributed by atoms with Gasteiger partial charge in [-0.15, -0.1) is 11.6 Å². The van der Waals surface area contributed by atoms with E-state index in [1.807, 2.05) is 27.8 Å². The topological polar surface area (TPSA) is 47.4 Å². The molecule has 1 aromatic heterocycles. The van der Waals surface area contributed by atoms with E-state index < -0.39 is 0 Å². The summed E-state index contributed by atoms with van der Waals surface area (Å²) in [5, 5.41) is 4.21. The summed E-state index contributed by atoms with van der Waals surface area (Å²) in [7, 11) is 1.81. The van der Waals surface area contributed by atoms with Crippen molar-refractivity contribution in [2.75, 3.05) is 19.0 Å². The van der Waals surface area contributed by atoms with Gasteiger partial charge in [-0.05, 0) is 20.8 Å². The van der Waals surface area contributed by atoms with E-state index in [1.165, 1.54) is 0 Å². The minimum atomic E-state index is -0.371. The van der Waals surface area contributed by atoms with E-state index in [1.54, 1.807) is 15.8 Å². The van der Waals surface area contributed by atoms with E-state index in [2.05, 4.69) is 5.10 Å². The molecule has 2 heterocycles. The fraction of sp³-hybridized carbons (Fsp3) is 0.692. The molecule has 106 valence electrons. The Morgan fingerprint density at radius 3 is 2.84 bits per heavy atom. The Hall–Kier alpha value is -1.07. The maximum atomic E-state index is 12.6. The lowest BCUT2D eigenvalue weighted by atomic mass is 10.0. The monoisotopic (exact) mass is 285 g/mol. The summed E-state index contributed by atoms with van der Waals surface area (Å²) in [6, 6.07) is 0. The van der Waals surface area contributed by atoms with Crippen LogP contribution in [0.25, 0.3) is 0 Å². The molecule has 0 N–H and O–H groups in total. The van der Waals surface area contributed by atoms with Crippen molar-refractivity contribution < 1.29 is 9.53 Å². The first-order valence-corrected chi connectivity index (χ1v) is 6.89. The van der Waals surface area contributed by atoms with Gasteiger partial charge in [0.2, 0.25) is 0 Å². The van der Waals surface area contributed by atoms with Gasteiger partial charge in [-0.3, -0.25) is 9.48 Å². The second-order valence-corrected chi connectivity index (χ2v) is 5.95. The van der Waals surface area contributed by atoms with Crippen LogP contribution in [0.5, 0.6) is 0 Å². The van der Waals surface area contributed by atoms with Crippen molar-refractivity contribution >= 4 is 17.5 Å². The Bertz CT molecular complexity index is 484. The van der Waals surface area contributed by atoms with Crippen LogP contribution >= 0.6 is 11.6 Å². The number of halogens is 1. The van der Waals surface area contributed by atoms with Crippen LogP contribution in [0.15, 0.2) is 6.20 Å². The maximum absolute atomic E-state index is 12.6. The molecule has 0 spiro atoms. The van der Waals surface area contributed by atoms with E-state index >= 15 is 0 Å². The Balaban J connectivity index is 2.21. The summed E-state index contributed by atoms with van der Waals surface area (Å²) in [6.45, 7) is 6.88. The van der Waals surface area contributed by atoms with Crippen LogP contribution in [-0.2, 0) is 11.8 Å². The summed E-state index contributed by atoms with van der Waals surface area (Å²) >= 11 is 5.88. The summed E-state index contributed by atoms with van der Waals surface area (Å²) < 4.78 is 7.49. The number of rotatable bonds is 2. The van der Waals surface area contributed by atoms with Gasteiger partial charge in [0.25, 0.3) is 5.91 Å². The van der Waals surface area contributed by atoms with Crippen LogP contribution in [-0.4, -0.2) is 51.3 Å². The van der Waals surface area contributed by atoms with Crippen molar-refractivity contribution in [3.8, 4) is 0 Å². The molecule has 1 aliphatic rings. The zero-order valence-corrected chi connectivity index (χ0v) is 12.6. The molecule has 5 nitrogen and oxygen atoms in total. The number of ether oxygens (including phenoxy) is 1. The molecule has 6 heteroatoms. The first kappa shape index (κ1) is 14.3. The third-order valence-electron chi connectivity index (χ3n) is 3.18. The van der Waals surface area contributed by atoms with E-state index in [4.69, 9.17) is 16.3 Å². The SMILES string of the molecule is Cc1nn(C)cc1C(=O)N1CC(CCl)OC(C)(C)C1. The van der Waals surface area contributed by atoms with Gasteiger partial charge < -0.3 is 9.64 Å². The minimum Gasteiger partial charge on any atom is -0.367 e. The first-order chi connectivity index (χ1) is 8.82. The average molecular weight is 286 g/mol. The number of nitrogens with zero attached hydrogens (tertiary/aromatic N) is 3. The lowest BCUT2D eigenvalue weighted by Gasteiger charge is -2.42. The molecular weight excluding hydrogens is 266 g/mol. The highest BCUT2D eigenvalue weighted by Crippen LogP contribution is 2.23. The van der Waals surface area contributed by atoms with E-state index in [-0.39, 0.29) is 17.6 Å². The molecule has 0 aliphatic carbocycles. The molecule has 0 saturated carbocycles. The molecule has 2 rings (SSSR count). The fourth-order valence-corrected chi connectivity index (χ4v) is 2.67. The van der Waals surface area contributed by atoms with Crippen LogP contribution in [0.2, 0.25) is 0 Å². The van der Waals surface area contributed by atoms with Gasteiger partial charge in [0, 0.05) is 26.3 Å². The molecule has 1 unspecified atom stereocenters. The zero-order chi connectivity index (χ0) is 14.2. The van der Waals surface area contributed by atoms with Gasteiger partial charge in [-0.2, -0.15) is 5.10 Å². The highest BCUT2D eigenvalue weighted by molar-refractivity contribution is 6.18. The van der Waals surface area contributed by atoms with Crippen LogP contribution < -0.4 is 0 Å². The van der Waals surface area contributed by atoms with Crippen molar-refractivity contribution in [2.24, 2.45) is 7.05 Å². The number of carbonyl (C=O) groups excluding carboxylic acids is 1. The lowest BCUT2D eigenvalue weighted by Crippen LogP contribution is -2.55. The Labute approximate surface area is 118 Å². The predicted octanol–water partition coefficient (Wildman–Crippen LogP) is 1.59. The molecule has 0 bridgehead atoms. The van der Waals surface area contributed by atoms with Gasteiger partial charge >= 0.3 is 0 Å². The summed E-state index contributed by atoms with van der Waals surface area (Å²) in [5.74, 6) is 0.385. The molecule has 19 heavy (non-hydrogen) atoms. The highest BCUT2D eigenvalue weighted by Gasteiger charge is 2.36. The molecule has 1 fully saturated rings. The van der Waals surface area contributed by atoms with Crippen molar-refractivity contribution in [3.63, 3.8) is 0 Å². The normalized spacial score (nSPS) is 22.6. The molecule has 0 aromatic carbocycles. The number of hydrogen-bond acceptors (Lipinski definition) is 3. The van der Waals surface area contributed by atoms with Crippen LogP contribution in [0.1, 0.15) is 29.9 Å². The molecule has 0 radical (unpaired) electrons. The Kier molecular flexibility index (Phi) is 3.87. The van der Waals surface area contributed by atoms with E-state index in [9.17, 15) is 4.79 Å². The van der Waals surface area contributed by atoms with Crippen molar-refractivity contribution in [1.82, 2.24) is 14.7 Å². The van der Waals surface area contributed by atoms with Gasteiger partial charge in [0.05, 0.1) is 28.8 Å². The minimum absolute atomic E-state index is 0.00269. The van der Waals surface area contributed by atoms with Gasteiger partial charge in [0.1, 0.15) is 0 Å². The largest absolute Gasteiger partial charge is 0.367 e. The number of morpholine rings is 1. The second kappa shape index (κ2) is 5.13. The standard InChI is InChI=1S/C13H20ClN3O2/c1-9-11(7-16(4)15-9)12(18)17-6-10(5-14)19-13(2,3)8-17/h7,10H,5-6,8H2,1-4H3. The molecule has 1 amide bonds. The van der Waals surface area contributed by atoms with E-state index in [0.717, 1.165) is 5.69 Å². The average Bonchev–Trinajstić information content (AvgIpc) is 2.65. The third kappa shape index (κ3) is 3.09. The van der Waals surface area contributed by atoms with Gasteiger partial charge in [-0.1, -0.05) is 0 Å². The molecule has 1 aliphatic heterocycles. The van der Waals surface area contributed by atoms with Gasteiger partial charge in [-0.25, -0.2) is 0 Å². The van der Waals surface area contributed by atoms with Crippen molar-refractivity contribution in [1.29, 1.82) is 0 Å². The van der Waals surface area contributed by atoms with Crippen LogP contribution in [0.4, 0.5) is 0 Å². The van der Waals surface area contributed by atoms with Crippen LogP contribution in [0, 0.1) is 6.92 Å². The Morgan fingerprint density at radius 1 is 1.63 bits per heavy atom. The third-order valence-corrected chi connectivity index (χ3v) is 3.53. The molecule has 1 aromatic rings. The molecular formula is C13H20ClN3O2. The van der Waals surface area contributed by atoms with Crippen molar-refractivity contribution in [3.05, 3.63) is 17.5 Å². The predicted molar refractivity (Wildman–Crippen MR) is 73.5 cm³/mol.